The fourth-order valence-electron chi connectivity index (χ4n) is 3.17. The average molecular weight is 283 g/mol. The molecule has 0 amide bonds. The first-order valence-corrected chi connectivity index (χ1v) is 7.25. The molecule has 5 heteroatoms. The lowest BCUT2D eigenvalue weighted by atomic mass is 9.85. The minimum Gasteiger partial charge on any atom is -0.464 e. The van der Waals surface area contributed by atoms with Gasteiger partial charge in [0.25, 0.3) is 0 Å². The predicted molar refractivity (Wildman–Crippen MR) is 78.7 cm³/mol. The lowest BCUT2D eigenvalue weighted by molar-refractivity contribution is 0.278. The van der Waals surface area contributed by atoms with Gasteiger partial charge in [-0.25, -0.2) is 0 Å². The Labute approximate surface area is 122 Å². The van der Waals surface area contributed by atoms with Gasteiger partial charge in [0.15, 0.2) is 0 Å². The van der Waals surface area contributed by atoms with Crippen LogP contribution in [0.1, 0.15) is 32.1 Å². The summed E-state index contributed by atoms with van der Waals surface area (Å²) >= 11 is 0. The van der Waals surface area contributed by atoms with Gasteiger partial charge in [0.05, 0.1) is 11.0 Å². The summed E-state index contributed by atoms with van der Waals surface area (Å²) in [5.74, 6) is 1.20. The molecular weight excluding hydrogens is 266 g/mol. The maximum absolute atomic E-state index is 6.22. The zero-order valence-electron chi connectivity index (χ0n) is 11.9. The summed E-state index contributed by atoms with van der Waals surface area (Å²) in [5.41, 5.74) is 7.68. The zero-order valence-corrected chi connectivity index (χ0v) is 11.9. The molecule has 4 rings (SSSR count). The number of hydrogen-bond acceptors (Lipinski definition) is 5. The summed E-state index contributed by atoms with van der Waals surface area (Å²) in [7, 11) is 0. The highest BCUT2D eigenvalue weighted by Gasteiger charge is 2.42. The maximum atomic E-state index is 6.22. The molecule has 0 aliphatic heterocycles. The van der Waals surface area contributed by atoms with Crippen LogP contribution in [0, 0.1) is 0 Å². The highest BCUT2D eigenvalue weighted by atomic mass is 16.5. The van der Waals surface area contributed by atoms with Gasteiger partial charge in [0.1, 0.15) is 11.8 Å². The number of rotatable bonds is 2. The number of aromatic nitrogens is 2. The van der Waals surface area contributed by atoms with Crippen LogP contribution < -0.4 is 5.73 Å². The van der Waals surface area contributed by atoms with Crippen molar-refractivity contribution in [3.8, 4) is 11.4 Å². The number of furan rings is 1. The third kappa shape index (κ3) is 1.81. The smallest absolute Gasteiger partial charge is 0.234 e. The van der Waals surface area contributed by atoms with Crippen molar-refractivity contribution < 1.29 is 8.94 Å². The van der Waals surface area contributed by atoms with Crippen molar-refractivity contribution in [2.75, 3.05) is 0 Å². The van der Waals surface area contributed by atoms with Gasteiger partial charge in [0, 0.05) is 11.4 Å². The van der Waals surface area contributed by atoms with Crippen molar-refractivity contribution >= 4 is 11.0 Å². The molecule has 2 N–H and O–H groups in total. The molecule has 0 bridgehead atoms. The molecule has 21 heavy (non-hydrogen) atoms. The molecule has 5 nitrogen and oxygen atoms in total. The normalized spacial score (nSPS) is 25.7. The minimum absolute atomic E-state index is 0.0758. The Morgan fingerprint density at radius 1 is 1.33 bits per heavy atom. The first-order valence-electron chi connectivity index (χ1n) is 7.25. The summed E-state index contributed by atoms with van der Waals surface area (Å²) in [6.07, 6.45) is 4.77. The van der Waals surface area contributed by atoms with Gasteiger partial charge in [-0.05, 0) is 25.8 Å². The van der Waals surface area contributed by atoms with E-state index in [-0.39, 0.29) is 11.5 Å². The van der Waals surface area contributed by atoms with E-state index in [4.69, 9.17) is 14.7 Å². The monoisotopic (exact) mass is 283 g/mol. The Morgan fingerprint density at radius 3 is 3.00 bits per heavy atom. The number of nitrogens with two attached hydrogens (primary N) is 1. The summed E-state index contributed by atoms with van der Waals surface area (Å²) in [6.45, 7) is 2.11. The molecule has 0 radical (unpaired) electrons. The SMILES string of the molecule is CC1(c2nc(-c3coc4ccccc34)no2)CCCC1N. The van der Waals surface area contributed by atoms with E-state index < -0.39 is 0 Å². The Kier molecular flexibility index (Phi) is 2.65. The van der Waals surface area contributed by atoms with Crippen LogP contribution in [0.2, 0.25) is 0 Å². The molecule has 0 saturated heterocycles. The molecule has 1 aliphatic carbocycles. The molecule has 0 spiro atoms. The Bertz CT molecular complexity index is 792. The van der Waals surface area contributed by atoms with Crippen molar-refractivity contribution in [2.45, 2.75) is 37.6 Å². The van der Waals surface area contributed by atoms with E-state index in [1.165, 1.54) is 0 Å². The quantitative estimate of drug-likeness (QED) is 0.781. The topological polar surface area (TPSA) is 78.1 Å². The third-order valence-corrected chi connectivity index (χ3v) is 4.67. The summed E-state index contributed by atoms with van der Waals surface area (Å²) in [4.78, 5) is 4.59. The van der Waals surface area contributed by atoms with Gasteiger partial charge in [-0.15, -0.1) is 0 Å². The fraction of sp³-hybridized carbons (Fsp3) is 0.375. The van der Waals surface area contributed by atoms with Gasteiger partial charge in [-0.2, -0.15) is 4.98 Å². The second-order valence-electron chi connectivity index (χ2n) is 5.98. The third-order valence-electron chi connectivity index (χ3n) is 4.67. The standard InChI is InChI=1S/C16H17N3O2/c1-16(8-4-7-13(16)17)15-18-14(19-21-15)11-9-20-12-6-3-2-5-10(11)12/h2-3,5-6,9,13H,4,7-8,17H2,1H3. The highest BCUT2D eigenvalue weighted by Crippen LogP contribution is 2.40. The number of fused-ring (bicyclic) bond motifs is 1. The molecule has 3 aromatic rings. The van der Waals surface area contributed by atoms with E-state index in [1.54, 1.807) is 6.26 Å². The van der Waals surface area contributed by atoms with E-state index in [0.29, 0.717) is 11.7 Å². The first kappa shape index (κ1) is 12.6. The number of para-hydroxylation sites is 1. The Morgan fingerprint density at radius 2 is 2.19 bits per heavy atom. The molecule has 108 valence electrons. The van der Waals surface area contributed by atoms with Crippen LogP contribution in [0.4, 0.5) is 0 Å². The Balaban J connectivity index is 1.78. The first-order chi connectivity index (χ1) is 10.2. The van der Waals surface area contributed by atoms with Crippen LogP contribution in [0.5, 0.6) is 0 Å². The van der Waals surface area contributed by atoms with Crippen molar-refractivity contribution in [2.24, 2.45) is 5.73 Å². The van der Waals surface area contributed by atoms with Crippen molar-refractivity contribution in [1.29, 1.82) is 0 Å². The van der Waals surface area contributed by atoms with Crippen molar-refractivity contribution in [3.63, 3.8) is 0 Å². The largest absolute Gasteiger partial charge is 0.464 e. The fourth-order valence-corrected chi connectivity index (χ4v) is 3.17. The molecule has 2 heterocycles. The average Bonchev–Trinajstić information content (AvgIpc) is 3.19. The van der Waals surface area contributed by atoms with Crippen LogP contribution in [0.3, 0.4) is 0 Å². The van der Waals surface area contributed by atoms with Crippen LogP contribution in [0.25, 0.3) is 22.4 Å². The molecule has 1 aromatic carbocycles. The van der Waals surface area contributed by atoms with E-state index in [1.807, 2.05) is 24.3 Å². The van der Waals surface area contributed by atoms with Crippen LogP contribution in [0.15, 0.2) is 39.5 Å². The van der Waals surface area contributed by atoms with Crippen molar-refractivity contribution in [3.05, 3.63) is 36.4 Å². The summed E-state index contributed by atoms with van der Waals surface area (Å²) < 4.78 is 11.1. The van der Waals surface area contributed by atoms with E-state index in [0.717, 1.165) is 35.8 Å². The summed E-state index contributed by atoms with van der Waals surface area (Å²) in [6, 6.07) is 7.90. The molecule has 2 atom stereocenters. The summed E-state index contributed by atoms with van der Waals surface area (Å²) in [5, 5.41) is 5.12. The Hall–Kier alpha value is -2.14. The molecule has 1 fully saturated rings. The van der Waals surface area contributed by atoms with Crippen molar-refractivity contribution in [1.82, 2.24) is 10.1 Å². The zero-order chi connectivity index (χ0) is 14.4. The van der Waals surface area contributed by atoms with Gasteiger partial charge < -0.3 is 14.7 Å². The molecular formula is C16H17N3O2. The second-order valence-corrected chi connectivity index (χ2v) is 5.98. The van der Waals surface area contributed by atoms with Gasteiger partial charge in [0.2, 0.25) is 11.7 Å². The van der Waals surface area contributed by atoms with E-state index in [2.05, 4.69) is 17.1 Å². The number of benzene rings is 1. The van der Waals surface area contributed by atoms with Crippen LogP contribution in [-0.2, 0) is 5.41 Å². The van der Waals surface area contributed by atoms with Gasteiger partial charge in [-0.1, -0.05) is 29.8 Å². The lowest BCUT2D eigenvalue weighted by Gasteiger charge is -2.23. The maximum Gasteiger partial charge on any atom is 0.234 e. The molecule has 2 aromatic heterocycles. The number of hydrogen-bond donors (Lipinski definition) is 1. The number of nitrogens with zero attached hydrogens (tertiary/aromatic N) is 2. The molecule has 2 unspecified atom stereocenters. The van der Waals surface area contributed by atoms with Gasteiger partial charge in [-0.3, -0.25) is 0 Å². The van der Waals surface area contributed by atoms with E-state index in [9.17, 15) is 0 Å². The predicted octanol–water partition coefficient (Wildman–Crippen LogP) is 3.25. The lowest BCUT2D eigenvalue weighted by Crippen LogP contribution is -2.38. The van der Waals surface area contributed by atoms with Crippen LogP contribution >= 0.6 is 0 Å². The van der Waals surface area contributed by atoms with Crippen LogP contribution in [-0.4, -0.2) is 16.2 Å². The molecule has 1 saturated carbocycles. The second kappa shape index (κ2) is 4.43. The van der Waals surface area contributed by atoms with E-state index >= 15 is 0 Å². The molecule has 1 aliphatic rings. The van der Waals surface area contributed by atoms with Gasteiger partial charge >= 0.3 is 0 Å². The minimum atomic E-state index is -0.217. The highest BCUT2D eigenvalue weighted by molar-refractivity contribution is 5.91.